The molecule has 0 radical (unpaired) electrons. The van der Waals surface area contributed by atoms with E-state index < -0.39 is 7.14 Å². The van der Waals surface area contributed by atoms with Crippen LogP contribution in [0, 0.1) is 0 Å². The summed E-state index contributed by atoms with van der Waals surface area (Å²) in [5.41, 5.74) is 6.73. The summed E-state index contributed by atoms with van der Waals surface area (Å²) in [6.07, 6.45) is 1.81. The Labute approximate surface area is 261 Å². The molecular formula is C40H28N3OP. The van der Waals surface area contributed by atoms with Gasteiger partial charge in [-0.05, 0) is 29.1 Å². The maximum atomic E-state index is 15.0. The molecule has 0 fully saturated rings. The molecule has 0 unspecified atom stereocenters. The quantitative estimate of drug-likeness (QED) is 0.181. The summed E-state index contributed by atoms with van der Waals surface area (Å²) in [6, 6.07) is 54.7. The van der Waals surface area contributed by atoms with E-state index in [1.54, 1.807) is 0 Å². The van der Waals surface area contributed by atoms with Gasteiger partial charge in [0.1, 0.15) is 5.69 Å². The van der Waals surface area contributed by atoms with E-state index in [9.17, 15) is 0 Å². The lowest BCUT2D eigenvalue weighted by molar-refractivity contribution is 0.592. The van der Waals surface area contributed by atoms with Crippen molar-refractivity contribution < 1.29 is 4.57 Å². The zero-order valence-corrected chi connectivity index (χ0v) is 25.3. The molecule has 8 aromatic rings. The molecule has 0 saturated carbocycles. The smallest absolute Gasteiger partial charge is 0.171 e. The third-order valence-electron chi connectivity index (χ3n) is 8.36. The molecule has 0 aliphatic rings. The molecule has 0 aliphatic carbocycles. The van der Waals surface area contributed by atoms with Gasteiger partial charge in [-0.2, -0.15) is 5.10 Å². The zero-order valence-electron chi connectivity index (χ0n) is 24.4. The number of nitrogens with zero attached hydrogens (tertiary/aromatic N) is 3. The van der Waals surface area contributed by atoms with Gasteiger partial charge in [0.15, 0.2) is 7.14 Å². The normalized spacial score (nSPS) is 11.6. The van der Waals surface area contributed by atoms with Gasteiger partial charge in [-0.3, -0.25) is 4.98 Å². The highest BCUT2D eigenvalue weighted by molar-refractivity contribution is 7.85. The minimum absolute atomic E-state index is 0.785. The molecule has 0 N–H and O–H groups in total. The monoisotopic (exact) mass is 597 g/mol. The second-order valence-electron chi connectivity index (χ2n) is 11.0. The van der Waals surface area contributed by atoms with Crippen LogP contribution in [0.3, 0.4) is 0 Å². The van der Waals surface area contributed by atoms with E-state index in [2.05, 4.69) is 66.7 Å². The average molecular weight is 598 g/mol. The fraction of sp³-hybridized carbons (Fsp3) is 0. The lowest BCUT2D eigenvalue weighted by Crippen LogP contribution is -2.24. The molecule has 0 atom stereocenters. The number of aromatic nitrogens is 3. The van der Waals surface area contributed by atoms with Gasteiger partial charge >= 0.3 is 0 Å². The number of benzene rings is 5. The molecule has 0 bridgehead atoms. The van der Waals surface area contributed by atoms with Crippen LogP contribution in [0.25, 0.3) is 50.1 Å². The van der Waals surface area contributed by atoms with Crippen molar-refractivity contribution in [3.05, 3.63) is 170 Å². The highest BCUT2D eigenvalue weighted by Crippen LogP contribution is 2.44. The number of fused-ring (bicyclic) bond motifs is 3. The summed E-state index contributed by atoms with van der Waals surface area (Å²) in [5, 5.41) is 9.95. The van der Waals surface area contributed by atoms with E-state index in [0.29, 0.717) is 0 Å². The van der Waals surface area contributed by atoms with Gasteiger partial charge in [-0.15, -0.1) is 0 Å². The average Bonchev–Trinajstić information content (AvgIpc) is 3.54. The van der Waals surface area contributed by atoms with Crippen LogP contribution in [0.4, 0.5) is 0 Å². The van der Waals surface area contributed by atoms with Crippen LogP contribution in [-0.4, -0.2) is 14.6 Å². The van der Waals surface area contributed by atoms with E-state index in [1.165, 1.54) is 0 Å². The molecule has 214 valence electrons. The van der Waals surface area contributed by atoms with Gasteiger partial charge in [0.05, 0.1) is 16.9 Å². The summed E-state index contributed by atoms with van der Waals surface area (Å²) in [6.45, 7) is 0. The van der Waals surface area contributed by atoms with Crippen LogP contribution in [0.5, 0.6) is 0 Å². The molecule has 4 nitrogen and oxygen atoms in total. The molecule has 3 aromatic heterocycles. The Bertz CT molecular complexity index is 2270. The van der Waals surface area contributed by atoms with E-state index in [1.807, 2.05) is 108 Å². The first kappa shape index (κ1) is 27.0. The highest BCUT2D eigenvalue weighted by Gasteiger charge is 2.30. The summed E-state index contributed by atoms with van der Waals surface area (Å²) in [7, 11) is -3.10. The number of rotatable bonds is 6. The molecule has 0 saturated heterocycles. The third-order valence-corrected chi connectivity index (χ3v) is 11.4. The Kier molecular flexibility index (Phi) is 6.70. The third kappa shape index (κ3) is 4.59. The van der Waals surface area contributed by atoms with Crippen molar-refractivity contribution >= 4 is 39.3 Å². The van der Waals surface area contributed by atoms with Crippen LogP contribution < -0.4 is 15.9 Å². The van der Waals surface area contributed by atoms with Crippen LogP contribution in [0.15, 0.2) is 170 Å². The lowest BCUT2D eigenvalue weighted by Gasteiger charge is -2.20. The number of hydrogen-bond acceptors (Lipinski definition) is 3. The van der Waals surface area contributed by atoms with Gasteiger partial charge in [-0.25, -0.2) is 4.52 Å². The Balaban J connectivity index is 1.38. The molecule has 45 heavy (non-hydrogen) atoms. The largest absolute Gasteiger partial charge is 0.309 e. The summed E-state index contributed by atoms with van der Waals surface area (Å²) in [5.74, 6) is 0. The molecule has 3 heterocycles. The van der Waals surface area contributed by atoms with Crippen LogP contribution in [0.1, 0.15) is 0 Å². The predicted octanol–water partition coefficient (Wildman–Crippen LogP) is 8.52. The van der Waals surface area contributed by atoms with Crippen molar-refractivity contribution in [2.75, 3.05) is 0 Å². The van der Waals surface area contributed by atoms with Crippen molar-refractivity contribution in [2.24, 2.45) is 0 Å². The van der Waals surface area contributed by atoms with Crippen molar-refractivity contribution in [1.82, 2.24) is 14.6 Å². The number of hydrogen-bond donors (Lipinski definition) is 0. The topological polar surface area (TPSA) is 47.3 Å². The fourth-order valence-corrected chi connectivity index (χ4v) is 8.86. The molecule has 0 amide bonds. The standard InChI is InChI=1S/C40H28N3OP/c44-45(32-17-6-2-7-18-32,33-19-8-3-9-20-33)34-25-23-30(24-26-34)39-38(29-14-4-1-5-15-29)40-35-21-11-10-16-31(35)28-37(43(40)42-39)36-22-12-13-27-41-36/h1-28H. The van der Waals surface area contributed by atoms with Gasteiger partial charge in [0.2, 0.25) is 0 Å². The van der Waals surface area contributed by atoms with Crippen LogP contribution >= 0.6 is 7.14 Å². The zero-order chi connectivity index (χ0) is 30.2. The first-order valence-electron chi connectivity index (χ1n) is 15.0. The lowest BCUT2D eigenvalue weighted by atomic mass is 9.97. The first-order valence-corrected chi connectivity index (χ1v) is 16.7. The second-order valence-corrected chi connectivity index (χ2v) is 13.8. The SMILES string of the molecule is O=P(c1ccccc1)(c1ccccc1)c1ccc(-c2nn3c(-c4ccccn4)cc4ccccc4c3c2-c2ccccc2)cc1. The fourth-order valence-electron chi connectivity index (χ4n) is 6.22. The van der Waals surface area contributed by atoms with E-state index in [4.69, 9.17) is 10.1 Å². The van der Waals surface area contributed by atoms with Crippen LogP contribution in [-0.2, 0) is 4.57 Å². The summed E-state index contributed by atoms with van der Waals surface area (Å²) in [4.78, 5) is 4.69. The van der Waals surface area contributed by atoms with Crippen molar-refractivity contribution in [3.8, 4) is 33.8 Å². The van der Waals surface area contributed by atoms with Crippen molar-refractivity contribution in [2.45, 2.75) is 0 Å². The van der Waals surface area contributed by atoms with Gasteiger partial charge in [0, 0.05) is 38.6 Å². The molecule has 5 heteroatoms. The van der Waals surface area contributed by atoms with Gasteiger partial charge in [0.25, 0.3) is 0 Å². The maximum absolute atomic E-state index is 15.0. The van der Waals surface area contributed by atoms with E-state index in [0.717, 1.165) is 66.0 Å². The Morgan fingerprint density at radius 1 is 0.533 bits per heavy atom. The van der Waals surface area contributed by atoms with Crippen molar-refractivity contribution in [1.29, 1.82) is 0 Å². The molecule has 0 spiro atoms. The van der Waals surface area contributed by atoms with Gasteiger partial charge < -0.3 is 4.57 Å². The minimum atomic E-state index is -3.10. The Morgan fingerprint density at radius 2 is 1.11 bits per heavy atom. The van der Waals surface area contributed by atoms with Gasteiger partial charge in [-0.1, -0.05) is 146 Å². The molecule has 8 rings (SSSR count). The van der Waals surface area contributed by atoms with Crippen molar-refractivity contribution in [3.63, 3.8) is 0 Å². The minimum Gasteiger partial charge on any atom is -0.309 e. The molecule has 5 aromatic carbocycles. The summed E-state index contributed by atoms with van der Waals surface area (Å²) >= 11 is 0. The van der Waals surface area contributed by atoms with E-state index in [-0.39, 0.29) is 0 Å². The summed E-state index contributed by atoms with van der Waals surface area (Å²) < 4.78 is 17.1. The first-order chi connectivity index (χ1) is 22.2. The predicted molar refractivity (Wildman–Crippen MR) is 186 cm³/mol. The van der Waals surface area contributed by atoms with E-state index >= 15 is 4.57 Å². The Morgan fingerprint density at radius 3 is 1.76 bits per heavy atom. The number of pyridine rings is 2. The molecule has 0 aliphatic heterocycles. The Hall–Kier alpha value is -5.57. The second kappa shape index (κ2) is 11.2. The molecular weight excluding hydrogens is 569 g/mol. The highest BCUT2D eigenvalue weighted by atomic mass is 31.2. The van der Waals surface area contributed by atoms with Crippen LogP contribution in [0.2, 0.25) is 0 Å². The maximum Gasteiger partial charge on any atom is 0.171 e.